The Labute approximate surface area is 159 Å². The predicted octanol–water partition coefficient (Wildman–Crippen LogP) is 3.42. The number of amides is 1. The molecule has 0 radical (unpaired) electrons. The van der Waals surface area contributed by atoms with Crippen LogP contribution in [-0.4, -0.2) is 35.4 Å². The second-order valence-corrected chi connectivity index (χ2v) is 6.05. The van der Waals surface area contributed by atoms with E-state index < -0.39 is 0 Å². The van der Waals surface area contributed by atoms with Gasteiger partial charge in [-0.3, -0.25) is 4.79 Å². The van der Waals surface area contributed by atoms with Crippen molar-refractivity contribution in [2.75, 3.05) is 25.0 Å². The number of anilines is 1. The summed E-state index contributed by atoms with van der Waals surface area (Å²) in [7, 11) is 0. The Kier molecular flexibility index (Phi) is 6.10. The average Bonchev–Trinajstić information content (AvgIpc) is 3.09. The molecule has 140 valence electrons. The molecule has 6 heteroatoms. The number of nitrogens with zero attached hydrogens (tertiary/aromatic N) is 2. The van der Waals surface area contributed by atoms with E-state index in [1.165, 1.54) is 0 Å². The summed E-state index contributed by atoms with van der Waals surface area (Å²) in [4.78, 5) is 12.4. The van der Waals surface area contributed by atoms with Crippen LogP contribution in [-0.2, 0) is 0 Å². The number of nitrogens with one attached hydrogen (secondary N) is 2. The van der Waals surface area contributed by atoms with Gasteiger partial charge in [-0.15, -0.1) is 0 Å². The van der Waals surface area contributed by atoms with E-state index in [-0.39, 0.29) is 5.91 Å². The molecule has 0 aliphatic rings. The molecule has 0 spiro atoms. The van der Waals surface area contributed by atoms with Gasteiger partial charge in [0.2, 0.25) is 0 Å². The van der Waals surface area contributed by atoms with E-state index in [1.54, 1.807) is 10.9 Å². The van der Waals surface area contributed by atoms with E-state index >= 15 is 0 Å². The SMILES string of the molecule is CCOc1ccc(NCCNC(=O)c2cn(-c3ccccc3)nc2C)cc1. The van der Waals surface area contributed by atoms with Crippen LogP contribution in [0.3, 0.4) is 0 Å². The van der Waals surface area contributed by atoms with Crippen LogP contribution in [0.2, 0.25) is 0 Å². The number of aromatic nitrogens is 2. The molecule has 6 nitrogen and oxygen atoms in total. The Morgan fingerprint density at radius 1 is 1.07 bits per heavy atom. The van der Waals surface area contributed by atoms with Crippen LogP contribution in [0, 0.1) is 6.92 Å². The van der Waals surface area contributed by atoms with Gasteiger partial charge in [0.15, 0.2) is 0 Å². The molecule has 0 atom stereocenters. The van der Waals surface area contributed by atoms with Gasteiger partial charge < -0.3 is 15.4 Å². The van der Waals surface area contributed by atoms with Crippen molar-refractivity contribution in [3.8, 4) is 11.4 Å². The third kappa shape index (κ3) is 4.88. The summed E-state index contributed by atoms with van der Waals surface area (Å²) in [5.41, 5.74) is 3.20. The largest absolute Gasteiger partial charge is 0.494 e. The summed E-state index contributed by atoms with van der Waals surface area (Å²) in [6.07, 6.45) is 1.76. The van der Waals surface area contributed by atoms with E-state index in [1.807, 2.05) is 68.4 Å². The molecule has 0 bridgehead atoms. The molecule has 0 saturated heterocycles. The lowest BCUT2D eigenvalue weighted by atomic mass is 10.2. The van der Waals surface area contributed by atoms with Crippen LogP contribution in [0.1, 0.15) is 23.0 Å². The van der Waals surface area contributed by atoms with Crippen molar-refractivity contribution in [1.29, 1.82) is 0 Å². The van der Waals surface area contributed by atoms with Crippen molar-refractivity contribution in [3.63, 3.8) is 0 Å². The molecule has 1 amide bonds. The van der Waals surface area contributed by atoms with E-state index in [2.05, 4.69) is 15.7 Å². The average molecular weight is 364 g/mol. The monoisotopic (exact) mass is 364 g/mol. The number of aryl methyl sites for hydroxylation is 1. The molecule has 1 heterocycles. The van der Waals surface area contributed by atoms with Gasteiger partial charge in [0.05, 0.1) is 23.6 Å². The van der Waals surface area contributed by atoms with Gasteiger partial charge in [0.25, 0.3) is 5.91 Å². The van der Waals surface area contributed by atoms with Crippen LogP contribution in [0.5, 0.6) is 5.75 Å². The zero-order valence-corrected chi connectivity index (χ0v) is 15.6. The smallest absolute Gasteiger partial charge is 0.254 e. The van der Waals surface area contributed by atoms with E-state index in [4.69, 9.17) is 4.74 Å². The standard InChI is InChI=1S/C21H24N4O2/c1-3-27-19-11-9-17(10-12-19)22-13-14-23-21(26)20-15-25(24-16(20)2)18-7-5-4-6-8-18/h4-12,15,22H,3,13-14H2,1-2H3,(H,23,26). The Hall–Kier alpha value is -3.28. The zero-order valence-electron chi connectivity index (χ0n) is 15.6. The number of hydrogen-bond acceptors (Lipinski definition) is 4. The van der Waals surface area contributed by atoms with Crippen molar-refractivity contribution in [2.45, 2.75) is 13.8 Å². The summed E-state index contributed by atoms with van der Waals surface area (Å²) in [5, 5.41) is 10.6. The fraction of sp³-hybridized carbons (Fsp3) is 0.238. The van der Waals surface area contributed by atoms with Gasteiger partial charge in [-0.2, -0.15) is 5.10 Å². The maximum atomic E-state index is 12.4. The normalized spacial score (nSPS) is 10.4. The van der Waals surface area contributed by atoms with Gasteiger partial charge in [-0.1, -0.05) is 18.2 Å². The zero-order chi connectivity index (χ0) is 19.1. The Balaban J connectivity index is 1.50. The number of rotatable bonds is 8. The van der Waals surface area contributed by atoms with Gasteiger partial charge in [-0.25, -0.2) is 4.68 Å². The number of para-hydroxylation sites is 1. The van der Waals surface area contributed by atoms with Crippen molar-refractivity contribution < 1.29 is 9.53 Å². The second kappa shape index (κ2) is 8.89. The summed E-state index contributed by atoms with van der Waals surface area (Å²) in [6.45, 7) is 5.60. The summed E-state index contributed by atoms with van der Waals surface area (Å²) >= 11 is 0. The lowest BCUT2D eigenvalue weighted by Gasteiger charge is -2.09. The molecule has 2 N–H and O–H groups in total. The van der Waals surface area contributed by atoms with Crippen LogP contribution in [0.15, 0.2) is 60.8 Å². The van der Waals surface area contributed by atoms with Gasteiger partial charge in [-0.05, 0) is 50.2 Å². The number of benzene rings is 2. The van der Waals surface area contributed by atoms with Crippen molar-refractivity contribution in [3.05, 3.63) is 72.1 Å². The Bertz CT molecular complexity index is 873. The highest BCUT2D eigenvalue weighted by molar-refractivity contribution is 5.95. The quantitative estimate of drug-likeness (QED) is 0.601. The molecular weight excluding hydrogens is 340 g/mol. The van der Waals surface area contributed by atoms with Crippen molar-refractivity contribution in [2.24, 2.45) is 0 Å². The lowest BCUT2D eigenvalue weighted by molar-refractivity contribution is 0.0954. The molecule has 0 saturated carbocycles. The maximum absolute atomic E-state index is 12.4. The number of carbonyl (C=O) groups is 1. The van der Waals surface area contributed by atoms with Gasteiger partial charge >= 0.3 is 0 Å². The van der Waals surface area contributed by atoms with Crippen molar-refractivity contribution in [1.82, 2.24) is 15.1 Å². The van der Waals surface area contributed by atoms with Gasteiger partial charge in [0, 0.05) is 25.0 Å². The van der Waals surface area contributed by atoms with Gasteiger partial charge in [0.1, 0.15) is 5.75 Å². The first kappa shape index (κ1) is 18.5. The Morgan fingerprint density at radius 3 is 2.52 bits per heavy atom. The van der Waals surface area contributed by atoms with Crippen molar-refractivity contribution >= 4 is 11.6 Å². The van der Waals surface area contributed by atoms with E-state index in [0.717, 1.165) is 17.1 Å². The first-order chi connectivity index (χ1) is 13.2. The highest BCUT2D eigenvalue weighted by Gasteiger charge is 2.13. The summed E-state index contributed by atoms with van der Waals surface area (Å²) in [5.74, 6) is 0.727. The highest BCUT2D eigenvalue weighted by Crippen LogP contribution is 2.15. The minimum Gasteiger partial charge on any atom is -0.494 e. The molecule has 0 unspecified atom stereocenters. The molecule has 3 rings (SSSR count). The second-order valence-electron chi connectivity index (χ2n) is 6.05. The number of carbonyl (C=O) groups excluding carboxylic acids is 1. The minimum absolute atomic E-state index is 0.122. The molecule has 3 aromatic rings. The Morgan fingerprint density at radius 2 is 1.81 bits per heavy atom. The summed E-state index contributed by atoms with van der Waals surface area (Å²) < 4.78 is 7.14. The molecule has 0 aliphatic carbocycles. The fourth-order valence-electron chi connectivity index (χ4n) is 2.71. The molecule has 0 aliphatic heterocycles. The molecule has 1 aromatic heterocycles. The lowest BCUT2D eigenvalue weighted by Crippen LogP contribution is -2.29. The first-order valence-corrected chi connectivity index (χ1v) is 9.04. The van der Waals surface area contributed by atoms with Crippen LogP contribution < -0.4 is 15.4 Å². The molecular formula is C21H24N4O2. The molecule has 27 heavy (non-hydrogen) atoms. The number of hydrogen-bond donors (Lipinski definition) is 2. The fourth-order valence-corrected chi connectivity index (χ4v) is 2.71. The van der Waals surface area contributed by atoms with Crippen LogP contribution in [0.4, 0.5) is 5.69 Å². The minimum atomic E-state index is -0.122. The van der Waals surface area contributed by atoms with E-state index in [9.17, 15) is 4.79 Å². The predicted molar refractivity (Wildman–Crippen MR) is 107 cm³/mol. The number of ether oxygens (including phenoxy) is 1. The third-order valence-electron chi connectivity index (χ3n) is 4.07. The highest BCUT2D eigenvalue weighted by atomic mass is 16.5. The topological polar surface area (TPSA) is 68.2 Å². The van der Waals surface area contributed by atoms with E-state index in [0.29, 0.717) is 31.0 Å². The van der Waals surface area contributed by atoms with Crippen LogP contribution in [0.25, 0.3) is 5.69 Å². The maximum Gasteiger partial charge on any atom is 0.254 e. The third-order valence-corrected chi connectivity index (χ3v) is 4.07. The molecule has 2 aromatic carbocycles. The first-order valence-electron chi connectivity index (χ1n) is 9.04. The van der Waals surface area contributed by atoms with Crippen LogP contribution >= 0.6 is 0 Å². The summed E-state index contributed by atoms with van der Waals surface area (Å²) in [6, 6.07) is 17.5. The molecule has 0 fully saturated rings.